The second-order valence-corrected chi connectivity index (χ2v) is 4.57. The number of nitrogens with zero attached hydrogens (tertiary/aromatic N) is 2. The lowest BCUT2D eigenvalue weighted by Crippen LogP contribution is -2.14. The highest BCUT2D eigenvalue weighted by Gasteiger charge is 2.18. The number of fused-ring (bicyclic) bond motifs is 1. The molecule has 0 aliphatic rings. The zero-order valence-electron chi connectivity index (χ0n) is 11.8. The fourth-order valence-corrected chi connectivity index (χ4v) is 2.07. The molecule has 0 bridgehead atoms. The van der Waals surface area contributed by atoms with E-state index in [1.54, 1.807) is 11.6 Å². The SMILES string of the molecule is CCOCCC(=O)CC(=O)c1nc2ccccc2n1C. The number of carbonyl (C=O) groups is 2. The summed E-state index contributed by atoms with van der Waals surface area (Å²) in [7, 11) is 1.78. The molecule has 1 aromatic heterocycles. The number of benzene rings is 1. The Kier molecular flexibility index (Phi) is 4.63. The minimum Gasteiger partial charge on any atom is -0.381 e. The summed E-state index contributed by atoms with van der Waals surface area (Å²) in [6.07, 6.45) is 0.147. The Morgan fingerprint density at radius 3 is 2.75 bits per heavy atom. The van der Waals surface area contributed by atoms with Crippen LogP contribution >= 0.6 is 0 Å². The van der Waals surface area contributed by atoms with Crippen LogP contribution in [0.2, 0.25) is 0 Å². The third-order valence-electron chi connectivity index (χ3n) is 3.12. The van der Waals surface area contributed by atoms with E-state index in [2.05, 4.69) is 4.98 Å². The van der Waals surface area contributed by atoms with Crippen LogP contribution in [0.3, 0.4) is 0 Å². The van der Waals surface area contributed by atoms with Crippen molar-refractivity contribution in [2.24, 2.45) is 7.05 Å². The summed E-state index contributed by atoms with van der Waals surface area (Å²) in [6.45, 7) is 2.81. The standard InChI is InChI=1S/C15H18N2O3/c1-3-20-9-8-11(18)10-14(19)15-16-12-6-4-5-7-13(12)17(15)2/h4-7H,3,8-10H2,1-2H3. The van der Waals surface area contributed by atoms with Gasteiger partial charge in [-0.15, -0.1) is 0 Å². The topological polar surface area (TPSA) is 61.2 Å². The van der Waals surface area contributed by atoms with E-state index in [-0.39, 0.29) is 24.4 Å². The summed E-state index contributed by atoms with van der Waals surface area (Å²) < 4.78 is 6.84. The van der Waals surface area contributed by atoms with Crippen LogP contribution < -0.4 is 0 Å². The predicted octanol–water partition coefficient (Wildman–Crippen LogP) is 2.14. The Balaban J connectivity index is 2.08. The lowest BCUT2D eigenvalue weighted by molar-refractivity contribution is -0.119. The first kappa shape index (κ1) is 14.4. The van der Waals surface area contributed by atoms with Gasteiger partial charge in [-0.05, 0) is 19.1 Å². The molecule has 0 aliphatic carbocycles. The van der Waals surface area contributed by atoms with Crippen LogP contribution in [-0.2, 0) is 16.6 Å². The van der Waals surface area contributed by atoms with Crippen molar-refractivity contribution in [3.05, 3.63) is 30.1 Å². The van der Waals surface area contributed by atoms with Crippen LogP contribution in [0.5, 0.6) is 0 Å². The number of para-hydroxylation sites is 2. The molecule has 1 heterocycles. The highest BCUT2D eigenvalue weighted by Crippen LogP contribution is 2.15. The van der Waals surface area contributed by atoms with Crippen LogP contribution in [-0.4, -0.2) is 34.3 Å². The van der Waals surface area contributed by atoms with E-state index < -0.39 is 0 Å². The molecule has 0 saturated carbocycles. The summed E-state index contributed by atoms with van der Waals surface area (Å²) in [5.41, 5.74) is 1.65. The Morgan fingerprint density at radius 1 is 1.30 bits per heavy atom. The molecule has 0 unspecified atom stereocenters. The maximum atomic E-state index is 12.1. The minimum atomic E-state index is -0.245. The van der Waals surface area contributed by atoms with Gasteiger partial charge in [0, 0.05) is 20.1 Å². The monoisotopic (exact) mass is 274 g/mol. The molecular formula is C15H18N2O3. The summed E-state index contributed by atoms with van der Waals surface area (Å²) in [6, 6.07) is 7.52. The first-order valence-electron chi connectivity index (χ1n) is 6.67. The van der Waals surface area contributed by atoms with E-state index >= 15 is 0 Å². The summed E-state index contributed by atoms with van der Waals surface area (Å²) >= 11 is 0. The van der Waals surface area contributed by atoms with E-state index in [9.17, 15) is 9.59 Å². The molecule has 0 atom stereocenters. The molecule has 0 aliphatic heterocycles. The summed E-state index contributed by atoms with van der Waals surface area (Å²) in [5, 5.41) is 0. The van der Waals surface area contributed by atoms with E-state index in [0.717, 1.165) is 11.0 Å². The Labute approximate surface area is 117 Å². The van der Waals surface area contributed by atoms with Crippen molar-refractivity contribution in [1.82, 2.24) is 9.55 Å². The molecule has 0 N–H and O–H groups in total. The van der Waals surface area contributed by atoms with Crippen molar-refractivity contribution in [2.45, 2.75) is 19.8 Å². The molecule has 5 heteroatoms. The van der Waals surface area contributed by atoms with Gasteiger partial charge in [-0.2, -0.15) is 0 Å². The average Bonchev–Trinajstić information content (AvgIpc) is 2.77. The number of Topliss-reactive ketones (excluding diaryl/α,β-unsaturated/α-hetero) is 2. The maximum Gasteiger partial charge on any atom is 0.205 e. The number of ether oxygens (including phenoxy) is 1. The van der Waals surface area contributed by atoms with Crippen molar-refractivity contribution < 1.29 is 14.3 Å². The van der Waals surface area contributed by atoms with Crippen molar-refractivity contribution >= 4 is 22.6 Å². The fraction of sp³-hybridized carbons (Fsp3) is 0.400. The molecule has 5 nitrogen and oxygen atoms in total. The van der Waals surface area contributed by atoms with E-state index in [1.165, 1.54) is 0 Å². The van der Waals surface area contributed by atoms with Gasteiger partial charge in [0.15, 0.2) is 5.82 Å². The Morgan fingerprint density at radius 2 is 2.05 bits per heavy atom. The van der Waals surface area contributed by atoms with Gasteiger partial charge in [-0.25, -0.2) is 4.98 Å². The number of aromatic nitrogens is 2. The highest BCUT2D eigenvalue weighted by molar-refractivity contribution is 6.07. The number of imidazole rings is 1. The molecule has 2 rings (SSSR count). The molecule has 0 saturated heterocycles. The third-order valence-corrected chi connectivity index (χ3v) is 3.12. The average molecular weight is 274 g/mol. The van der Waals surface area contributed by atoms with Gasteiger partial charge in [-0.3, -0.25) is 9.59 Å². The number of hydrogen-bond donors (Lipinski definition) is 0. The Bertz CT molecular complexity index is 631. The molecule has 0 spiro atoms. The van der Waals surface area contributed by atoms with Gasteiger partial charge in [0.05, 0.1) is 24.1 Å². The van der Waals surface area contributed by atoms with Crippen LogP contribution in [0, 0.1) is 0 Å². The zero-order valence-corrected chi connectivity index (χ0v) is 11.8. The van der Waals surface area contributed by atoms with Gasteiger partial charge < -0.3 is 9.30 Å². The normalized spacial score (nSPS) is 10.9. The molecule has 2 aromatic rings. The van der Waals surface area contributed by atoms with Crippen LogP contribution in [0.25, 0.3) is 11.0 Å². The Hall–Kier alpha value is -2.01. The van der Waals surface area contributed by atoms with Crippen molar-refractivity contribution in [2.75, 3.05) is 13.2 Å². The number of ketones is 2. The number of rotatable bonds is 7. The molecule has 20 heavy (non-hydrogen) atoms. The van der Waals surface area contributed by atoms with Gasteiger partial charge in [-0.1, -0.05) is 12.1 Å². The van der Waals surface area contributed by atoms with Crippen LogP contribution in [0.4, 0.5) is 0 Å². The zero-order chi connectivity index (χ0) is 14.5. The number of carbonyl (C=O) groups excluding carboxylic acids is 2. The van der Waals surface area contributed by atoms with Gasteiger partial charge in [0.2, 0.25) is 5.78 Å². The number of hydrogen-bond acceptors (Lipinski definition) is 4. The van der Waals surface area contributed by atoms with Crippen molar-refractivity contribution in [3.8, 4) is 0 Å². The molecule has 1 aromatic carbocycles. The lowest BCUT2D eigenvalue weighted by atomic mass is 10.1. The molecule has 0 fully saturated rings. The quantitative estimate of drug-likeness (QED) is 0.441. The van der Waals surface area contributed by atoms with E-state index in [4.69, 9.17) is 4.74 Å². The summed E-state index contributed by atoms with van der Waals surface area (Å²) in [5.74, 6) is -0.0309. The molecule has 0 radical (unpaired) electrons. The second kappa shape index (κ2) is 6.43. The maximum absolute atomic E-state index is 12.1. The molecule has 0 amide bonds. The first-order valence-corrected chi connectivity index (χ1v) is 6.67. The first-order chi connectivity index (χ1) is 9.63. The molecule has 106 valence electrons. The predicted molar refractivity (Wildman–Crippen MR) is 75.8 cm³/mol. The minimum absolute atomic E-state index is 0.115. The number of aryl methyl sites for hydroxylation is 1. The van der Waals surface area contributed by atoms with Crippen LogP contribution in [0.1, 0.15) is 30.4 Å². The van der Waals surface area contributed by atoms with Gasteiger partial charge in [0.1, 0.15) is 5.78 Å². The van der Waals surface area contributed by atoms with E-state index in [0.29, 0.717) is 19.0 Å². The fourth-order valence-electron chi connectivity index (χ4n) is 2.07. The summed E-state index contributed by atoms with van der Waals surface area (Å²) in [4.78, 5) is 28.1. The van der Waals surface area contributed by atoms with Crippen molar-refractivity contribution in [3.63, 3.8) is 0 Å². The van der Waals surface area contributed by atoms with E-state index in [1.807, 2.05) is 31.2 Å². The van der Waals surface area contributed by atoms with Crippen LogP contribution in [0.15, 0.2) is 24.3 Å². The van der Waals surface area contributed by atoms with Crippen molar-refractivity contribution in [1.29, 1.82) is 0 Å². The van der Waals surface area contributed by atoms with Gasteiger partial charge in [0.25, 0.3) is 0 Å². The van der Waals surface area contributed by atoms with Gasteiger partial charge >= 0.3 is 0 Å². The second-order valence-electron chi connectivity index (χ2n) is 4.57. The lowest BCUT2D eigenvalue weighted by Gasteiger charge is -2.02. The molecular weight excluding hydrogens is 256 g/mol. The third kappa shape index (κ3) is 3.11. The largest absolute Gasteiger partial charge is 0.381 e. The highest BCUT2D eigenvalue weighted by atomic mass is 16.5. The smallest absolute Gasteiger partial charge is 0.205 e.